The van der Waals surface area contributed by atoms with E-state index in [2.05, 4.69) is 6.92 Å². The standard InChI is InChI=1S/C13H20O3/c1-8-9(2)16-10(3)12(8)13(14)11-5-4-6-15-7-11/h7-10,12H,4-6H2,1-3H3. The Labute approximate surface area is 96.8 Å². The molecule has 4 atom stereocenters. The van der Waals surface area contributed by atoms with Crippen molar-refractivity contribution in [3.05, 3.63) is 11.8 Å². The van der Waals surface area contributed by atoms with Gasteiger partial charge in [0.05, 0.1) is 31.0 Å². The van der Waals surface area contributed by atoms with Crippen molar-refractivity contribution in [2.45, 2.75) is 45.8 Å². The van der Waals surface area contributed by atoms with Crippen molar-refractivity contribution in [3.63, 3.8) is 0 Å². The van der Waals surface area contributed by atoms with Gasteiger partial charge in [-0.25, -0.2) is 0 Å². The van der Waals surface area contributed by atoms with E-state index in [-0.39, 0.29) is 23.9 Å². The van der Waals surface area contributed by atoms with E-state index in [9.17, 15) is 4.79 Å². The quantitative estimate of drug-likeness (QED) is 0.722. The van der Waals surface area contributed by atoms with Crippen molar-refractivity contribution < 1.29 is 14.3 Å². The second-order valence-corrected chi connectivity index (χ2v) is 4.91. The molecule has 3 nitrogen and oxygen atoms in total. The lowest BCUT2D eigenvalue weighted by Crippen LogP contribution is -2.28. The first-order chi connectivity index (χ1) is 7.61. The largest absolute Gasteiger partial charge is 0.501 e. The van der Waals surface area contributed by atoms with Gasteiger partial charge in [-0.05, 0) is 32.6 Å². The van der Waals surface area contributed by atoms with Crippen molar-refractivity contribution >= 4 is 5.78 Å². The van der Waals surface area contributed by atoms with Gasteiger partial charge < -0.3 is 9.47 Å². The summed E-state index contributed by atoms with van der Waals surface area (Å²) in [5, 5.41) is 0. The van der Waals surface area contributed by atoms with Crippen LogP contribution in [-0.2, 0) is 14.3 Å². The Morgan fingerprint density at radius 2 is 2.06 bits per heavy atom. The molecule has 0 spiro atoms. The number of hydrogen-bond donors (Lipinski definition) is 0. The highest BCUT2D eigenvalue weighted by Crippen LogP contribution is 2.35. The van der Waals surface area contributed by atoms with Crippen LogP contribution in [0.25, 0.3) is 0 Å². The van der Waals surface area contributed by atoms with Crippen LogP contribution in [0.5, 0.6) is 0 Å². The summed E-state index contributed by atoms with van der Waals surface area (Å²) in [6.07, 6.45) is 3.65. The number of Topliss-reactive ketones (excluding diaryl/α,β-unsaturated/α-hetero) is 1. The predicted octanol–water partition coefficient (Wildman–Crippen LogP) is 2.31. The molecule has 90 valence electrons. The lowest BCUT2D eigenvalue weighted by Gasteiger charge is -2.20. The molecule has 0 N–H and O–H groups in total. The first-order valence-corrected chi connectivity index (χ1v) is 6.11. The van der Waals surface area contributed by atoms with Crippen LogP contribution in [0.4, 0.5) is 0 Å². The van der Waals surface area contributed by atoms with Crippen LogP contribution in [0.2, 0.25) is 0 Å². The fourth-order valence-corrected chi connectivity index (χ4v) is 2.68. The minimum atomic E-state index is 0.00273. The van der Waals surface area contributed by atoms with Crippen molar-refractivity contribution in [1.82, 2.24) is 0 Å². The Morgan fingerprint density at radius 1 is 1.31 bits per heavy atom. The van der Waals surface area contributed by atoms with E-state index in [1.807, 2.05) is 13.8 Å². The summed E-state index contributed by atoms with van der Waals surface area (Å²) in [5.41, 5.74) is 0.840. The normalized spacial score (nSPS) is 39.1. The second-order valence-electron chi connectivity index (χ2n) is 4.91. The van der Waals surface area contributed by atoms with Crippen LogP contribution < -0.4 is 0 Å². The van der Waals surface area contributed by atoms with Gasteiger partial charge in [-0.15, -0.1) is 0 Å². The van der Waals surface area contributed by atoms with Gasteiger partial charge in [0.1, 0.15) is 0 Å². The number of hydrogen-bond acceptors (Lipinski definition) is 3. The van der Waals surface area contributed by atoms with E-state index < -0.39 is 0 Å². The third-order valence-electron chi connectivity index (χ3n) is 3.80. The fraction of sp³-hybridized carbons (Fsp3) is 0.769. The summed E-state index contributed by atoms with van der Waals surface area (Å²) < 4.78 is 10.9. The molecule has 2 rings (SSSR count). The average Bonchev–Trinajstić information content (AvgIpc) is 2.54. The molecule has 4 unspecified atom stereocenters. The molecule has 0 aliphatic carbocycles. The molecule has 0 aromatic heterocycles. The van der Waals surface area contributed by atoms with Gasteiger partial charge in [0.2, 0.25) is 0 Å². The molecule has 0 saturated carbocycles. The molecule has 2 aliphatic heterocycles. The first kappa shape index (κ1) is 11.6. The lowest BCUT2D eigenvalue weighted by molar-refractivity contribution is -0.121. The zero-order chi connectivity index (χ0) is 11.7. The molecular formula is C13H20O3. The number of carbonyl (C=O) groups is 1. The molecule has 0 amide bonds. The third-order valence-corrected chi connectivity index (χ3v) is 3.80. The van der Waals surface area contributed by atoms with Gasteiger partial charge in [-0.2, -0.15) is 0 Å². The van der Waals surface area contributed by atoms with Crippen molar-refractivity contribution in [3.8, 4) is 0 Å². The summed E-state index contributed by atoms with van der Waals surface area (Å²) >= 11 is 0. The zero-order valence-electron chi connectivity index (χ0n) is 10.2. The van der Waals surface area contributed by atoms with Crippen molar-refractivity contribution in [2.24, 2.45) is 11.8 Å². The van der Waals surface area contributed by atoms with Crippen molar-refractivity contribution in [1.29, 1.82) is 0 Å². The van der Waals surface area contributed by atoms with Crippen LogP contribution in [0, 0.1) is 11.8 Å². The monoisotopic (exact) mass is 224 g/mol. The first-order valence-electron chi connectivity index (χ1n) is 6.11. The second kappa shape index (κ2) is 4.58. The van der Waals surface area contributed by atoms with Gasteiger partial charge >= 0.3 is 0 Å². The summed E-state index contributed by atoms with van der Waals surface area (Å²) in [6.45, 7) is 6.87. The SMILES string of the molecule is CC1OC(C)C(C(=O)C2=COCCC2)C1C. The van der Waals surface area contributed by atoms with E-state index in [0.717, 1.165) is 25.0 Å². The minimum Gasteiger partial charge on any atom is -0.501 e. The Morgan fingerprint density at radius 3 is 2.56 bits per heavy atom. The lowest BCUT2D eigenvalue weighted by atomic mass is 9.82. The summed E-state index contributed by atoms with van der Waals surface area (Å²) in [7, 11) is 0. The molecule has 0 aromatic rings. The van der Waals surface area contributed by atoms with Gasteiger partial charge in [-0.1, -0.05) is 6.92 Å². The molecule has 16 heavy (non-hydrogen) atoms. The van der Waals surface area contributed by atoms with Gasteiger partial charge in [-0.3, -0.25) is 4.79 Å². The summed E-state index contributed by atoms with van der Waals surface area (Å²) in [6, 6.07) is 0. The fourth-order valence-electron chi connectivity index (χ4n) is 2.68. The number of ketones is 1. The van der Waals surface area contributed by atoms with Crippen LogP contribution in [0.15, 0.2) is 11.8 Å². The van der Waals surface area contributed by atoms with Crippen molar-refractivity contribution in [2.75, 3.05) is 6.61 Å². The highest BCUT2D eigenvalue weighted by molar-refractivity contribution is 5.97. The molecule has 1 saturated heterocycles. The van der Waals surface area contributed by atoms with Gasteiger partial charge in [0.25, 0.3) is 0 Å². The van der Waals surface area contributed by atoms with E-state index in [1.54, 1.807) is 6.26 Å². The van der Waals surface area contributed by atoms with E-state index >= 15 is 0 Å². The molecule has 0 radical (unpaired) electrons. The molecule has 1 fully saturated rings. The Kier molecular flexibility index (Phi) is 3.33. The van der Waals surface area contributed by atoms with Crippen LogP contribution in [0.1, 0.15) is 33.6 Å². The summed E-state index contributed by atoms with van der Waals surface area (Å²) in [5.74, 6) is 0.525. The maximum Gasteiger partial charge on any atom is 0.167 e. The number of rotatable bonds is 2. The maximum atomic E-state index is 12.3. The van der Waals surface area contributed by atoms with E-state index in [1.165, 1.54) is 0 Å². The van der Waals surface area contributed by atoms with Crippen LogP contribution in [-0.4, -0.2) is 24.6 Å². The smallest absolute Gasteiger partial charge is 0.167 e. The highest BCUT2D eigenvalue weighted by Gasteiger charge is 2.42. The Bertz CT molecular complexity index is 308. The minimum absolute atomic E-state index is 0.00273. The van der Waals surface area contributed by atoms with Crippen LogP contribution in [0.3, 0.4) is 0 Å². The molecule has 2 heterocycles. The topological polar surface area (TPSA) is 35.5 Å². The Hall–Kier alpha value is -0.830. The molecular weight excluding hydrogens is 204 g/mol. The maximum absolute atomic E-state index is 12.3. The Balaban J connectivity index is 2.12. The molecule has 0 bridgehead atoms. The number of ether oxygens (including phenoxy) is 2. The summed E-state index contributed by atoms with van der Waals surface area (Å²) in [4.78, 5) is 12.3. The number of carbonyl (C=O) groups excluding carboxylic acids is 1. The van der Waals surface area contributed by atoms with Crippen LogP contribution >= 0.6 is 0 Å². The van der Waals surface area contributed by atoms with Gasteiger partial charge in [0, 0.05) is 5.57 Å². The highest BCUT2D eigenvalue weighted by atomic mass is 16.5. The van der Waals surface area contributed by atoms with E-state index in [0.29, 0.717) is 5.92 Å². The zero-order valence-corrected chi connectivity index (χ0v) is 10.2. The van der Waals surface area contributed by atoms with Gasteiger partial charge in [0.15, 0.2) is 5.78 Å². The molecule has 3 heteroatoms. The predicted molar refractivity (Wildman–Crippen MR) is 60.9 cm³/mol. The number of allylic oxidation sites excluding steroid dienone is 1. The molecule has 2 aliphatic rings. The third kappa shape index (κ3) is 2.01. The molecule has 0 aromatic carbocycles. The average molecular weight is 224 g/mol. The van der Waals surface area contributed by atoms with E-state index in [4.69, 9.17) is 9.47 Å².